The molecule has 7 heteroatoms. The number of fused-ring (bicyclic) bond motifs is 1. The van der Waals surface area contributed by atoms with Gasteiger partial charge < -0.3 is 14.8 Å². The molecule has 144 valence electrons. The fourth-order valence-corrected chi connectivity index (χ4v) is 6.04. The lowest BCUT2D eigenvalue weighted by Crippen LogP contribution is -2.40. The highest BCUT2D eigenvalue weighted by Gasteiger charge is 2.67. The molecule has 2 aromatic carbocycles. The van der Waals surface area contributed by atoms with Crippen LogP contribution >= 0.6 is 27.5 Å². The average molecular weight is 463 g/mol. The third-order valence-corrected chi connectivity index (χ3v) is 7.52. The summed E-state index contributed by atoms with van der Waals surface area (Å²) in [6.45, 7) is 0. The fraction of sp³-hybridized carbons (Fsp3) is 0.333. The van der Waals surface area contributed by atoms with E-state index >= 15 is 0 Å². The van der Waals surface area contributed by atoms with Crippen molar-refractivity contribution in [1.82, 2.24) is 0 Å². The lowest BCUT2D eigenvalue weighted by atomic mass is 9.79. The van der Waals surface area contributed by atoms with Crippen LogP contribution in [-0.4, -0.2) is 22.8 Å². The van der Waals surface area contributed by atoms with Crippen molar-refractivity contribution in [3.63, 3.8) is 0 Å². The summed E-state index contributed by atoms with van der Waals surface area (Å²) in [6.07, 6.45) is 0.785. The SMILES string of the molecule is O=C(Nc1ccc(Oc2ccccc2Cl)cc1)[C@@H]1[C@@H]2C[C@H]3[C@H](OC(=O)[C@@H]31)[C@@H]2Br. The Kier molecular flexibility index (Phi) is 4.36. The Bertz CT molecular complexity index is 950. The smallest absolute Gasteiger partial charge is 0.310 e. The summed E-state index contributed by atoms with van der Waals surface area (Å²) < 4.78 is 11.2. The molecule has 5 rings (SSSR count). The molecule has 6 atom stereocenters. The van der Waals surface area contributed by atoms with Gasteiger partial charge in [0.2, 0.25) is 5.91 Å². The van der Waals surface area contributed by atoms with Crippen LogP contribution in [-0.2, 0) is 14.3 Å². The van der Waals surface area contributed by atoms with Crippen LogP contribution in [0.25, 0.3) is 0 Å². The number of ether oxygens (including phenoxy) is 2. The summed E-state index contributed by atoms with van der Waals surface area (Å²) in [5.74, 6) is 0.459. The molecule has 3 fully saturated rings. The number of amides is 1. The second-order valence-electron chi connectivity index (χ2n) is 7.51. The molecular weight excluding hydrogens is 446 g/mol. The van der Waals surface area contributed by atoms with Crippen molar-refractivity contribution < 1.29 is 19.1 Å². The summed E-state index contributed by atoms with van der Waals surface area (Å²) in [6, 6.07) is 14.3. The molecule has 3 aliphatic rings. The van der Waals surface area contributed by atoms with Gasteiger partial charge in [0.15, 0.2) is 0 Å². The Morgan fingerprint density at radius 3 is 2.64 bits per heavy atom. The molecule has 2 aromatic rings. The lowest BCUT2D eigenvalue weighted by Gasteiger charge is -2.27. The Hall–Kier alpha value is -2.05. The Morgan fingerprint density at radius 1 is 1.14 bits per heavy atom. The molecule has 28 heavy (non-hydrogen) atoms. The second-order valence-corrected chi connectivity index (χ2v) is 8.97. The topological polar surface area (TPSA) is 64.6 Å². The normalized spacial score (nSPS) is 32.3. The first-order chi connectivity index (χ1) is 13.5. The van der Waals surface area contributed by atoms with E-state index in [9.17, 15) is 9.59 Å². The largest absolute Gasteiger partial charge is 0.461 e. The molecular formula is C21H17BrClNO4. The summed E-state index contributed by atoms with van der Waals surface area (Å²) >= 11 is 9.74. The van der Waals surface area contributed by atoms with Crippen LogP contribution in [0.3, 0.4) is 0 Å². The predicted molar refractivity (Wildman–Crippen MR) is 108 cm³/mol. The van der Waals surface area contributed by atoms with E-state index in [1.54, 1.807) is 36.4 Å². The number of anilines is 1. The van der Waals surface area contributed by atoms with E-state index < -0.39 is 0 Å². The predicted octanol–water partition coefficient (Wildman–Crippen LogP) is 4.64. The third kappa shape index (κ3) is 2.81. The van der Waals surface area contributed by atoms with Gasteiger partial charge in [0.1, 0.15) is 17.6 Å². The van der Waals surface area contributed by atoms with Crippen LogP contribution < -0.4 is 10.1 Å². The standard InChI is InChI=1S/C21H17BrClNO4/c22-18-12-9-13-17(21(26)28-19(13)18)16(12)20(25)24-10-5-7-11(8-6-10)27-15-4-2-1-3-14(15)23/h1-8,12-13,16-19H,9H2,(H,24,25)/t12-,13+,16+,17-,18+,19-/m0/s1. The Balaban J connectivity index is 1.28. The van der Waals surface area contributed by atoms with E-state index in [4.69, 9.17) is 21.1 Å². The molecule has 0 radical (unpaired) electrons. The summed E-state index contributed by atoms with van der Waals surface area (Å²) in [5.41, 5.74) is 0.660. The van der Waals surface area contributed by atoms with E-state index in [-0.39, 0.29) is 46.5 Å². The van der Waals surface area contributed by atoms with Crippen molar-refractivity contribution >= 4 is 45.1 Å². The first-order valence-corrected chi connectivity index (χ1v) is 10.5. The minimum atomic E-state index is -0.348. The van der Waals surface area contributed by atoms with Crippen molar-refractivity contribution in [3.05, 3.63) is 53.6 Å². The number of benzene rings is 2. The fourth-order valence-electron chi connectivity index (χ4n) is 4.82. The van der Waals surface area contributed by atoms with Gasteiger partial charge >= 0.3 is 5.97 Å². The number of halogens is 2. The molecule has 0 spiro atoms. The van der Waals surface area contributed by atoms with Crippen molar-refractivity contribution in [2.75, 3.05) is 5.32 Å². The highest BCUT2D eigenvalue weighted by atomic mass is 79.9. The van der Waals surface area contributed by atoms with Gasteiger partial charge in [-0.25, -0.2) is 0 Å². The van der Waals surface area contributed by atoms with E-state index in [0.717, 1.165) is 6.42 Å². The zero-order chi connectivity index (χ0) is 19.4. The Labute approximate surface area is 175 Å². The number of carbonyl (C=O) groups is 2. The maximum atomic E-state index is 12.9. The summed E-state index contributed by atoms with van der Waals surface area (Å²) in [5, 5.41) is 3.48. The number of nitrogens with one attached hydrogen (secondary N) is 1. The zero-order valence-electron chi connectivity index (χ0n) is 14.7. The molecule has 1 N–H and O–H groups in total. The minimum Gasteiger partial charge on any atom is -0.461 e. The van der Waals surface area contributed by atoms with E-state index in [1.807, 2.05) is 12.1 Å². The number of para-hydroxylation sites is 1. The molecule has 1 heterocycles. The summed E-state index contributed by atoms with van der Waals surface area (Å²) in [4.78, 5) is 25.2. The van der Waals surface area contributed by atoms with Crippen molar-refractivity contribution in [2.24, 2.45) is 23.7 Å². The van der Waals surface area contributed by atoms with E-state index in [0.29, 0.717) is 22.2 Å². The van der Waals surface area contributed by atoms with Gasteiger partial charge in [0.25, 0.3) is 0 Å². The molecule has 1 saturated heterocycles. The number of rotatable bonds is 4. The van der Waals surface area contributed by atoms with Crippen molar-refractivity contribution in [1.29, 1.82) is 0 Å². The third-order valence-electron chi connectivity index (χ3n) is 6.01. The number of alkyl halides is 1. The van der Waals surface area contributed by atoms with Crippen LogP contribution in [0.2, 0.25) is 5.02 Å². The van der Waals surface area contributed by atoms with Gasteiger partial charge in [-0.15, -0.1) is 0 Å². The zero-order valence-corrected chi connectivity index (χ0v) is 17.0. The number of hydrogen-bond acceptors (Lipinski definition) is 4. The lowest BCUT2D eigenvalue weighted by molar-refractivity contribution is -0.145. The first-order valence-electron chi connectivity index (χ1n) is 9.21. The Morgan fingerprint density at radius 2 is 1.89 bits per heavy atom. The average Bonchev–Trinajstić information content (AvgIpc) is 3.29. The molecule has 2 aliphatic carbocycles. The summed E-state index contributed by atoms with van der Waals surface area (Å²) in [7, 11) is 0. The van der Waals surface area contributed by atoms with Crippen LogP contribution in [0.5, 0.6) is 11.5 Å². The van der Waals surface area contributed by atoms with Crippen LogP contribution in [0.15, 0.2) is 48.5 Å². The van der Waals surface area contributed by atoms with Crippen LogP contribution in [0.4, 0.5) is 5.69 Å². The highest BCUT2D eigenvalue weighted by molar-refractivity contribution is 9.09. The van der Waals surface area contributed by atoms with Gasteiger partial charge in [0.05, 0.1) is 21.7 Å². The molecule has 1 amide bonds. The van der Waals surface area contributed by atoms with Crippen molar-refractivity contribution in [3.8, 4) is 11.5 Å². The van der Waals surface area contributed by atoms with Gasteiger partial charge in [-0.05, 0) is 48.7 Å². The highest BCUT2D eigenvalue weighted by Crippen LogP contribution is 2.60. The number of carbonyl (C=O) groups excluding carboxylic acids is 2. The molecule has 0 aromatic heterocycles. The first kappa shape index (κ1) is 18.0. The number of hydrogen-bond donors (Lipinski definition) is 1. The van der Waals surface area contributed by atoms with Crippen LogP contribution in [0, 0.1) is 23.7 Å². The molecule has 2 bridgehead atoms. The van der Waals surface area contributed by atoms with Crippen LogP contribution in [0.1, 0.15) is 6.42 Å². The minimum absolute atomic E-state index is 0.0577. The molecule has 0 unspecified atom stereocenters. The maximum Gasteiger partial charge on any atom is 0.310 e. The van der Waals surface area contributed by atoms with Gasteiger partial charge in [-0.1, -0.05) is 39.7 Å². The van der Waals surface area contributed by atoms with Gasteiger partial charge in [0, 0.05) is 11.6 Å². The second kappa shape index (κ2) is 6.78. The van der Waals surface area contributed by atoms with Gasteiger partial charge in [-0.3, -0.25) is 9.59 Å². The quantitative estimate of drug-likeness (QED) is 0.531. The van der Waals surface area contributed by atoms with Crippen molar-refractivity contribution in [2.45, 2.75) is 17.4 Å². The molecule has 1 aliphatic heterocycles. The molecule has 5 nitrogen and oxygen atoms in total. The maximum absolute atomic E-state index is 12.9. The molecule has 2 saturated carbocycles. The monoisotopic (exact) mass is 461 g/mol. The van der Waals surface area contributed by atoms with E-state index in [1.165, 1.54) is 0 Å². The number of esters is 1. The van der Waals surface area contributed by atoms with Gasteiger partial charge in [-0.2, -0.15) is 0 Å². The van der Waals surface area contributed by atoms with E-state index in [2.05, 4.69) is 21.2 Å².